The Bertz CT molecular complexity index is 673. The Balaban J connectivity index is 2.15. The summed E-state index contributed by atoms with van der Waals surface area (Å²) in [6.45, 7) is 0. The summed E-state index contributed by atoms with van der Waals surface area (Å²) in [7, 11) is 0. The van der Waals surface area contributed by atoms with Crippen molar-refractivity contribution in [3.63, 3.8) is 0 Å². The number of fused-ring (bicyclic) bond motifs is 1. The van der Waals surface area contributed by atoms with Crippen LogP contribution < -0.4 is 0 Å². The molecule has 0 bridgehead atoms. The maximum Gasteiger partial charge on any atom is 0.416 e. The Labute approximate surface area is 114 Å². The number of ketones is 1. The van der Waals surface area contributed by atoms with Gasteiger partial charge in [0.15, 0.2) is 5.78 Å². The van der Waals surface area contributed by atoms with Crippen LogP contribution in [0.5, 0.6) is 0 Å². The van der Waals surface area contributed by atoms with Gasteiger partial charge < -0.3 is 0 Å². The number of benzene rings is 2. The van der Waals surface area contributed by atoms with Gasteiger partial charge in [-0.2, -0.15) is 13.2 Å². The molecule has 0 amide bonds. The maximum absolute atomic E-state index is 13.1. The first-order valence-corrected chi connectivity index (χ1v) is 6.26. The van der Waals surface area contributed by atoms with Crippen LogP contribution in [0.2, 0.25) is 0 Å². The molecule has 0 saturated heterocycles. The average molecular weight is 276 g/mol. The van der Waals surface area contributed by atoms with E-state index in [9.17, 15) is 18.0 Å². The molecule has 0 heterocycles. The monoisotopic (exact) mass is 276 g/mol. The van der Waals surface area contributed by atoms with E-state index in [0.717, 1.165) is 6.07 Å². The Morgan fingerprint density at radius 1 is 0.900 bits per heavy atom. The third-order valence-corrected chi connectivity index (χ3v) is 3.67. The number of carbonyl (C=O) groups excluding carboxylic acids is 1. The van der Waals surface area contributed by atoms with Crippen LogP contribution in [0.3, 0.4) is 0 Å². The highest BCUT2D eigenvalue weighted by Gasteiger charge is 2.38. The van der Waals surface area contributed by atoms with Crippen molar-refractivity contribution in [2.75, 3.05) is 0 Å². The van der Waals surface area contributed by atoms with E-state index in [2.05, 4.69) is 0 Å². The molecule has 1 unspecified atom stereocenters. The molecule has 3 rings (SSSR count). The lowest BCUT2D eigenvalue weighted by Gasteiger charge is -2.18. The van der Waals surface area contributed by atoms with Crippen molar-refractivity contribution >= 4 is 5.78 Å². The smallest absolute Gasteiger partial charge is 0.294 e. The van der Waals surface area contributed by atoms with Gasteiger partial charge >= 0.3 is 6.18 Å². The molecule has 0 saturated carbocycles. The number of halogens is 3. The zero-order valence-electron chi connectivity index (χ0n) is 10.4. The van der Waals surface area contributed by atoms with Gasteiger partial charge in [-0.25, -0.2) is 0 Å². The largest absolute Gasteiger partial charge is 0.416 e. The molecule has 20 heavy (non-hydrogen) atoms. The first-order valence-electron chi connectivity index (χ1n) is 6.26. The molecule has 1 atom stereocenters. The molecule has 1 nitrogen and oxygen atoms in total. The van der Waals surface area contributed by atoms with Crippen molar-refractivity contribution in [1.29, 1.82) is 0 Å². The number of carbonyl (C=O) groups is 1. The molecule has 0 aliphatic heterocycles. The fourth-order valence-corrected chi connectivity index (χ4v) is 2.80. The maximum atomic E-state index is 13.1. The molecular formula is C16H11F3O. The lowest BCUT2D eigenvalue weighted by Crippen LogP contribution is -2.11. The molecule has 4 heteroatoms. The standard InChI is InChI=1S/C16H11F3O/c17-16(18,19)14-8-4-3-6-11(14)13-9-15(20)12-7-2-1-5-10(12)13/h1-8,13H,9H2. The lowest BCUT2D eigenvalue weighted by atomic mass is 9.89. The molecule has 1 aliphatic rings. The summed E-state index contributed by atoms with van der Waals surface area (Å²) in [4.78, 5) is 11.9. The summed E-state index contributed by atoms with van der Waals surface area (Å²) in [6, 6.07) is 12.4. The van der Waals surface area contributed by atoms with Crippen LogP contribution in [0.25, 0.3) is 0 Å². The molecular weight excluding hydrogens is 265 g/mol. The second-order valence-electron chi connectivity index (χ2n) is 4.85. The van der Waals surface area contributed by atoms with E-state index in [4.69, 9.17) is 0 Å². The van der Waals surface area contributed by atoms with Crippen molar-refractivity contribution < 1.29 is 18.0 Å². The molecule has 0 fully saturated rings. The number of rotatable bonds is 1. The Hall–Kier alpha value is -2.10. The summed E-state index contributed by atoms with van der Waals surface area (Å²) in [5, 5.41) is 0. The number of Topliss-reactive ketones (excluding diaryl/α,β-unsaturated/α-hetero) is 1. The second-order valence-corrected chi connectivity index (χ2v) is 4.85. The van der Waals surface area contributed by atoms with Gasteiger partial charge in [0, 0.05) is 17.9 Å². The quantitative estimate of drug-likeness (QED) is 0.753. The van der Waals surface area contributed by atoms with Gasteiger partial charge in [0.05, 0.1) is 5.56 Å². The van der Waals surface area contributed by atoms with Crippen LogP contribution in [0.1, 0.15) is 39.4 Å². The number of alkyl halides is 3. The van der Waals surface area contributed by atoms with E-state index in [1.165, 1.54) is 12.1 Å². The predicted molar refractivity (Wildman–Crippen MR) is 68.7 cm³/mol. The molecule has 0 radical (unpaired) electrons. The van der Waals surface area contributed by atoms with Crippen molar-refractivity contribution in [2.45, 2.75) is 18.5 Å². The third kappa shape index (κ3) is 2.01. The summed E-state index contributed by atoms with van der Waals surface area (Å²) >= 11 is 0. The molecule has 0 N–H and O–H groups in total. The van der Waals surface area contributed by atoms with Crippen LogP contribution in [-0.4, -0.2) is 5.78 Å². The van der Waals surface area contributed by atoms with Gasteiger partial charge in [0.1, 0.15) is 0 Å². The molecule has 0 aromatic heterocycles. The van der Waals surface area contributed by atoms with Gasteiger partial charge in [0.25, 0.3) is 0 Å². The molecule has 102 valence electrons. The molecule has 2 aromatic carbocycles. The number of hydrogen-bond donors (Lipinski definition) is 0. The lowest BCUT2D eigenvalue weighted by molar-refractivity contribution is -0.138. The Morgan fingerprint density at radius 3 is 2.20 bits per heavy atom. The zero-order valence-corrected chi connectivity index (χ0v) is 10.4. The minimum absolute atomic E-state index is 0.0948. The van der Waals surface area contributed by atoms with E-state index in [0.29, 0.717) is 11.1 Å². The van der Waals surface area contributed by atoms with Gasteiger partial charge in [-0.1, -0.05) is 42.5 Å². The minimum atomic E-state index is -4.41. The molecule has 2 aromatic rings. The first kappa shape index (κ1) is 12.9. The summed E-state index contributed by atoms with van der Waals surface area (Å²) in [5.41, 5.74) is 0.747. The van der Waals surface area contributed by atoms with Crippen LogP contribution in [-0.2, 0) is 6.18 Å². The minimum Gasteiger partial charge on any atom is -0.294 e. The van der Waals surface area contributed by atoms with E-state index in [1.54, 1.807) is 30.3 Å². The van der Waals surface area contributed by atoms with E-state index >= 15 is 0 Å². The molecule has 0 spiro atoms. The van der Waals surface area contributed by atoms with Gasteiger partial charge in [0.2, 0.25) is 0 Å². The second kappa shape index (κ2) is 4.47. The normalized spacial score (nSPS) is 18.1. The van der Waals surface area contributed by atoms with Crippen LogP contribution in [0, 0.1) is 0 Å². The SMILES string of the molecule is O=C1CC(c2ccccc2C(F)(F)F)c2ccccc21. The van der Waals surface area contributed by atoms with Crippen molar-refractivity contribution in [3.8, 4) is 0 Å². The van der Waals surface area contributed by atoms with Crippen molar-refractivity contribution in [1.82, 2.24) is 0 Å². The number of hydrogen-bond acceptors (Lipinski definition) is 1. The van der Waals surface area contributed by atoms with E-state index in [-0.39, 0.29) is 17.8 Å². The summed E-state index contributed by atoms with van der Waals surface area (Å²) in [5.74, 6) is -0.598. The predicted octanol–water partition coefficient (Wildman–Crippen LogP) is 4.42. The zero-order chi connectivity index (χ0) is 14.3. The molecule has 1 aliphatic carbocycles. The first-order chi connectivity index (χ1) is 9.48. The topological polar surface area (TPSA) is 17.1 Å². The van der Waals surface area contributed by atoms with Crippen molar-refractivity contribution in [3.05, 3.63) is 70.8 Å². The summed E-state index contributed by atoms with van der Waals surface area (Å²) in [6.07, 6.45) is -4.30. The highest BCUT2D eigenvalue weighted by Crippen LogP contribution is 2.43. The highest BCUT2D eigenvalue weighted by atomic mass is 19.4. The van der Waals surface area contributed by atoms with E-state index in [1.807, 2.05) is 0 Å². The average Bonchev–Trinajstić information content (AvgIpc) is 2.76. The third-order valence-electron chi connectivity index (χ3n) is 3.67. The van der Waals surface area contributed by atoms with Gasteiger partial charge in [-0.05, 0) is 17.2 Å². The van der Waals surface area contributed by atoms with Gasteiger partial charge in [-0.3, -0.25) is 4.79 Å². The van der Waals surface area contributed by atoms with Crippen LogP contribution in [0.4, 0.5) is 13.2 Å². The highest BCUT2D eigenvalue weighted by molar-refractivity contribution is 6.01. The van der Waals surface area contributed by atoms with Gasteiger partial charge in [-0.15, -0.1) is 0 Å². The van der Waals surface area contributed by atoms with Crippen molar-refractivity contribution in [2.24, 2.45) is 0 Å². The fourth-order valence-electron chi connectivity index (χ4n) is 2.80. The summed E-state index contributed by atoms with van der Waals surface area (Å²) < 4.78 is 39.3. The Morgan fingerprint density at radius 2 is 1.50 bits per heavy atom. The fraction of sp³-hybridized carbons (Fsp3) is 0.188. The Kier molecular flexibility index (Phi) is 2.89. The van der Waals surface area contributed by atoms with Crippen LogP contribution >= 0.6 is 0 Å². The van der Waals surface area contributed by atoms with E-state index < -0.39 is 17.7 Å². The van der Waals surface area contributed by atoms with Crippen LogP contribution in [0.15, 0.2) is 48.5 Å².